The van der Waals surface area contributed by atoms with Crippen LogP contribution in [-0.4, -0.2) is 64.5 Å². The topological polar surface area (TPSA) is 88.8 Å². The van der Waals surface area contributed by atoms with E-state index >= 15 is 0 Å². The Kier molecular flexibility index (Phi) is 7.15. The van der Waals surface area contributed by atoms with Gasteiger partial charge in [-0.25, -0.2) is 8.78 Å². The fraction of sp³-hybridized carbons (Fsp3) is 0.333. The van der Waals surface area contributed by atoms with Crippen LogP contribution in [0.15, 0.2) is 47.0 Å². The standard InChI is InChI=1S/C24H24F2N4O4/c1-2-33-18-6-3-16(4-7-18)23-27-21(34-28-23)9-10-22(31)29-11-13-30(14-12-29)24(32)17-5-8-19(25)20(26)15-17/h3-8,15H,2,9-14H2,1H3. The predicted molar refractivity (Wildman–Crippen MR) is 118 cm³/mol. The smallest absolute Gasteiger partial charge is 0.254 e. The van der Waals surface area contributed by atoms with Crippen LogP contribution in [0.2, 0.25) is 0 Å². The molecule has 1 saturated heterocycles. The number of nitrogens with zero attached hydrogens (tertiary/aromatic N) is 4. The number of aromatic nitrogens is 2. The van der Waals surface area contributed by atoms with E-state index in [0.717, 1.165) is 23.4 Å². The lowest BCUT2D eigenvalue weighted by atomic mass is 10.1. The molecule has 1 aliphatic heterocycles. The van der Waals surface area contributed by atoms with Crippen LogP contribution in [0.1, 0.15) is 29.6 Å². The van der Waals surface area contributed by atoms with E-state index in [1.165, 1.54) is 11.0 Å². The molecule has 4 rings (SSSR count). The lowest BCUT2D eigenvalue weighted by Gasteiger charge is -2.34. The van der Waals surface area contributed by atoms with Crippen molar-refractivity contribution in [2.75, 3.05) is 32.8 Å². The third kappa shape index (κ3) is 5.38. The number of benzene rings is 2. The van der Waals surface area contributed by atoms with Crippen molar-refractivity contribution in [1.82, 2.24) is 19.9 Å². The van der Waals surface area contributed by atoms with Crippen LogP contribution in [0.3, 0.4) is 0 Å². The van der Waals surface area contributed by atoms with Gasteiger partial charge in [-0.1, -0.05) is 5.16 Å². The minimum Gasteiger partial charge on any atom is -0.494 e. The second kappa shape index (κ2) is 10.4. The zero-order valence-corrected chi connectivity index (χ0v) is 18.7. The van der Waals surface area contributed by atoms with E-state index in [4.69, 9.17) is 9.26 Å². The summed E-state index contributed by atoms with van der Waals surface area (Å²) in [5.74, 6) is -0.975. The predicted octanol–water partition coefficient (Wildman–Crippen LogP) is 3.33. The maximum absolute atomic E-state index is 13.4. The van der Waals surface area contributed by atoms with Gasteiger partial charge in [-0.15, -0.1) is 0 Å². The van der Waals surface area contributed by atoms with Crippen molar-refractivity contribution in [1.29, 1.82) is 0 Å². The second-order valence-corrected chi connectivity index (χ2v) is 7.77. The molecular weight excluding hydrogens is 446 g/mol. The van der Waals surface area contributed by atoms with Crippen LogP contribution in [0.5, 0.6) is 5.75 Å². The molecule has 2 aromatic carbocycles. The van der Waals surface area contributed by atoms with Crippen molar-refractivity contribution in [2.45, 2.75) is 19.8 Å². The molecule has 1 aromatic heterocycles. The highest BCUT2D eigenvalue weighted by Crippen LogP contribution is 2.20. The SMILES string of the molecule is CCOc1ccc(-c2noc(CCC(=O)N3CCN(C(=O)c4ccc(F)c(F)c4)CC3)n2)cc1. The Hall–Kier alpha value is -3.82. The molecule has 8 nitrogen and oxygen atoms in total. The molecule has 10 heteroatoms. The monoisotopic (exact) mass is 470 g/mol. The highest BCUT2D eigenvalue weighted by molar-refractivity contribution is 5.94. The summed E-state index contributed by atoms with van der Waals surface area (Å²) in [5, 5.41) is 3.98. The van der Waals surface area contributed by atoms with E-state index < -0.39 is 17.5 Å². The Balaban J connectivity index is 1.26. The molecule has 1 fully saturated rings. The van der Waals surface area contributed by atoms with Crippen LogP contribution in [0, 0.1) is 11.6 Å². The number of ether oxygens (including phenoxy) is 1. The molecule has 0 unspecified atom stereocenters. The molecule has 178 valence electrons. The molecule has 0 radical (unpaired) electrons. The lowest BCUT2D eigenvalue weighted by molar-refractivity contribution is -0.132. The molecule has 34 heavy (non-hydrogen) atoms. The zero-order valence-electron chi connectivity index (χ0n) is 18.7. The highest BCUT2D eigenvalue weighted by atomic mass is 19.2. The fourth-order valence-electron chi connectivity index (χ4n) is 3.68. The van der Waals surface area contributed by atoms with E-state index in [-0.39, 0.29) is 17.9 Å². The number of halogens is 2. The van der Waals surface area contributed by atoms with E-state index in [0.29, 0.717) is 50.9 Å². The molecule has 0 atom stereocenters. The van der Waals surface area contributed by atoms with Gasteiger partial charge in [-0.05, 0) is 49.4 Å². The van der Waals surface area contributed by atoms with Crippen LogP contribution in [0.25, 0.3) is 11.4 Å². The van der Waals surface area contributed by atoms with Gasteiger partial charge in [0.25, 0.3) is 5.91 Å². The van der Waals surface area contributed by atoms with Gasteiger partial charge < -0.3 is 19.1 Å². The maximum Gasteiger partial charge on any atom is 0.254 e. The average molecular weight is 470 g/mol. The molecule has 0 saturated carbocycles. The molecule has 0 N–H and O–H groups in total. The molecule has 1 aliphatic rings. The summed E-state index contributed by atoms with van der Waals surface area (Å²) in [6, 6.07) is 10.4. The van der Waals surface area contributed by atoms with E-state index in [9.17, 15) is 18.4 Å². The first-order chi connectivity index (χ1) is 16.4. The minimum atomic E-state index is -1.06. The largest absolute Gasteiger partial charge is 0.494 e. The molecule has 3 aromatic rings. The van der Waals surface area contributed by atoms with Gasteiger partial charge in [0.1, 0.15) is 5.75 Å². The van der Waals surface area contributed by atoms with Crippen molar-refractivity contribution in [2.24, 2.45) is 0 Å². The summed E-state index contributed by atoms with van der Waals surface area (Å²) in [5.41, 5.74) is 0.866. The van der Waals surface area contributed by atoms with Crippen molar-refractivity contribution in [3.63, 3.8) is 0 Å². The lowest BCUT2D eigenvalue weighted by Crippen LogP contribution is -2.50. The Bertz CT molecular complexity index is 1160. The number of aryl methyl sites for hydroxylation is 1. The molecule has 2 amide bonds. The Morgan fingerprint density at radius 2 is 1.71 bits per heavy atom. The van der Waals surface area contributed by atoms with Gasteiger partial charge in [-0.3, -0.25) is 9.59 Å². The summed E-state index contributed by atoms with van der Waals surface area (Å²) in [6.07, 6.45) is 0.499. The summed E-state index contributed by atoms with van der Waals surface area (Å²) in [7, 11) is 0. The van der Waals surface area contributed by atoms with E-state index in [1.54, 1.807) is 4.90 Å². The second-order valence-electron chi connectivity index (χ2n) is 7.77. The molecule has 0 aliphatic carbocycles. The summed E-state index contributed by atoms with van der Waals surface area (Å²) in [6.45, 7) is 3.83. The minimum absolute atomic E-state index is 0.0819. The summed E-state index contributed by atoms with van der Waals surface area (Å²) in [4.78, 5) is 32.7. The van der Waals surface area contributed by atoms with Gasteiger partial charge in [0, 0.05) is 50.1 Å². The zero-order chi connectivity index (χ0) is 24.1. The first-order valence-electron chi connectivity index (χ1n) is 11.0. The molecule has 0 bridgehead atoms. The van der Waals surface area contributed by atoms with Crippen LogP contribution >= 0.6 is 0 Å². The van der Waals surface area contributed by atoms with Crippen molar-refractivity contribution >= 4 is 11.8 Å². The quantitative estimate of drug-likeness (QED) is 0.526. The Morgan fingerprint density at radius 1 is 1.00 bits per heavy atom. The number of piperazine rings is 1. The number of amides is 2. The number of carbonyl (C=O) groups is 2. The summed E-state index contributed by atoms with van der Waals surface area (Å²) < 4.78 is 37.2. The molecule has 0 spiro atoms. The van der Waals surface area contributed by atoms with E-state index in [1.807, 2.05) is 31.2 Å². The van der Waals surface area contributed by atoms with Crippen molar-refractivity contribution < 1.29 is 27.6 Å². The molecular formula is C24H24F2N4O4. The Morgan fingerprint density at radius 3 is 2.38 bits per heavy atom. The van der Waals surface area contributed by atoms with Crippen molar-refractivity contribution in [3.05, 3.63) is 65.6 Å². The maximum atomic E-state index is 13.4. The summed E-state index contributed by atoms with van der Waals surface area (Å²) >= 11 is 0. The first-order valence-corrected chi connectivity index (χ1v) is 11.0. The van der Waals surface area contributed by atoms with E-state index in [2.05, 4.69) is 10.1 Å². The van der Waals surface area contributed by atoms with Crippen molar-refractivity contribution in [3.8, 4) is 17.1 Å². The van der Waals surface area contributed by atoms with Crippen LogP contribution < -0.4 is 4.74 Å². The number of rotatable bonds is 7. The third-order valence-electron chi connectivity index (χ3n) is 5.53. The number of hydrogen-bond acceptors (Lipinski definition) is 6. The van der Waals surface area contributed by atoms with Crippen LogP contribution in [0.4, 0.5) is 8.78 Å². The van der Waals surface area contributed by atoms with Gasteiger partial charge in [0.05, 0.1) is 6.61 Å². The number of hydrogen-bond donors (Lipinski definition) is 0. The van der Waals surface area contributed by atoms with Gasteiger partial charge in [0.2, 0.25) is 17.6 Å². The average Bonchev–Trinajstić information content (AvgIpc) is 3.34. The third-order valence-corrected chi connectivity index (χ3v) is 5.53. The molecule has 2 heterocycles. The van der Waals surface area contributed by atoms with Gasteiger partial charge in [-0.2, -0.15) is 4.98 Å². The fourth-order valence-corrected chi connectivity index (χ4v) is 3.68. The normalized spacial score (nSPS) is 13.7. The number of carbonyl (C=O) groups excluding carboxylic acids is 2. The van der Waals surface area contributed by atoms with Crippen LogP contribution in [-0.2, 0) is 11.2 Å². The van der Waals surface area contributed by atoms with Gasteiger partial charge in [0.15, 0.2) is 11.6 Å². The first kappa shape index (κ1) is 23.3. The highest BCUT2D eigenvalue weighted by Gasteiger charge is 2.25. The van der Waals surface area contributed by atoms with Gasteiger partial charge >= 0.3 is 0 Å². The Labute approximate surface area is 195 Å².